The number of hydrogen-bond acceptors (Lipinski definition) is 6. The van der Waals surface area contributed by atoms with Crippen molar-refractivity contribution >= 4 is 17.4 Å². The van der Waals surface area contributed by atoms with E-state index in [1.165, 1.54) is 11.2 Å². The molecule has 1 amide bonds. The van der Waals surface area contributed by atoms with Crippen molar-refractivity contribution in [1.29, 1.82) is 0 Å². The van der Waals surface area contributed by atoms with E-state index in [1.54, 1.807) is 24.3 Å². The van der Waals surface area contributed by atoms with E-state index in [-0.39, 0.29) is 17.4 Å². The van der Waals surface area contributed by atoms with Gasteiger partial charge in [0.1, 0.15) is 29.4 Å². The molecule has 3 heterocycles. The molecule has 1 N–H and O–H groups in total. The van der Waals surface area contributed by atoms with Crippen LogP contribution in [0.3, 0.4) is 0 Å². The van der Waals surface area contributed by atoms with Gasteiger partial charge in [0, 0.05) is 18.5 Å². The summed E-state index contributed by atoms with van der Waals surface area (Å²) >= 11 is 0. The lowest BCUT2D eigenvalue weighted by Gasteiger charge is -2.24. The molecule has 2 aliphatic rings. The van der Waals surface area contributed by atoms with Gasteiger partial charge in [-0.25, -0.2) is 0 Å². The second kappa shape index (κ2) is 7.99. The fraction of sp³-hybridized carbons (Fsp3) is 0.391. The van der Waals surface area contributed by atoms with Gasteiger partial charge in [0.25, 0.3) is 11.7 Å². The number of carbonyl (C=O) groups is 2. The molecule has 0 spiro atoms. The molecule has 2 unspecified atom stereocenters. The van der Waals surface area contributed by atoms with Crippen LogP contribution in [-0.4, -0.2) is 59.9 Å². The lowest BCUT2D eigenvalue weighted by molar-refractivity contribution is -0.140. The van der Waals surface area contributed by atoms with E-state index in [4.69, 9.17) is 9.15 Å². The minimum atomic E-state index is -0.745. The van der Waals surface area contributed by atoms with Crippen LogP contribution in [0.5, 0.6) is 5.75 Å². The quantitative estimate of drug-likeness (QED) is 0.448. The highest BCUT2D eigenvalue weighted by Crippen LogP contribution is 2.40. The smallest absolute Gasteiger partial charge is 0.295 e. The molecule has 2 aliphatic heterocycles. The molecule has 1 fully saturated rings. The largest absolute Gasteiger partial charge is 0.507 e. The fourth-order valence-electron chi connectivity index (χ4n) is 4.14. The molecule has 0 aliphatic carbocycles. The van der Waals surface area contributed by atoms with Gasteiger partial charge in [0.15, 0.2) is 0 Å². The SMILES string of the molecule is CC1Cc2cc(/C(O)=C3\C(=O)C(=O)N(CCCN(C)C)C3c3ccco3)ccc2O1. The minimum Gasteiger partial charge on any atom is -0.507 e. The Balaban J connectivity index is 1.74. The Morgan fingerprint density at radius 2 is 2.07 bits per heavy atom. The molecule has 1 saturated heterocycles. The van der Waals surface area contributed by atoms with Gasteiger partial charge >= 0.3 is 0 Å². The average molecular weight is 410 g/mol. The Labute approximate surface area is 175 Å². The summed E-state index contributed by atoms with van der Waals surface area (Å²) in [5, 5.41) is 11.1. The predicted molar refractivity (Wildman–Crippen MR) is 111 cm³/mol. The van der Waals surface area contributed by atoms with E-state index in [1.807, 2.05) is 32.0 Å². The molecule has 0 radical (unpaired) electrons. The number of furan rings is 1. The molecule has 158 valence electrons. The van der Waals surface area contributed by atoms with Crippen LogP contribution in [0.15, 0.2) is 46.6 Å². The van der Waals surface area contributed by atoms with Gasteiger partial charge in [-0.15, -0.1) is 0 Å². The molecular formula is C23H26N2O5. The number of benzene rings is 1. The third-order valence-electron chi connectivity index (χ3n) is 5.53. The molecule has 1 aromatic carbocycles. The molecule has 0 bridgehead atoms. The van der Waals surface area contributed by atoms with Crippen molar-refractivity contribution in [1.82, 2.24) is 9.80 Å². The van der Waals surface area contributed by atoms with Crippen molar-refractivity contribution < 1.29 is 23.8 Å². The number of aliphatic hydroxyl groups is 1. The fourth-order valence-corrected chi connectivity index (χ4v) is 4.14. The highest BCUT2D eigenvalue weighted by molar-refractivity contribution is 6.46. The maximum Gasteiger partial charge on any atom is 0.295 e. The number of likely N-dealkylation sites (tertiary alicyclic amines) is 1. The van der Waals surface area contributed by atoms with Crippen LogP contribution < -0.4 is 4.74 Å². The number of ether oxygens (including phenoxy) is 1. The first-order chi connectivity index (χ1) is 14.4. The maximum atomic E-state index is 12.9. The second-order valence-electron chi connectivity index (χ2n) is 8.12. The van der Waals surface area contributed by atoms with E-state index in [0.29, 0.717) is 24.3 Å². The Kier molecular flexibility index (Phi) is 5.39. The number of ketones is 1. The van der Waals surface area contributed by atoms with Gasteiger partial charge < -0.3 is 24.1 Å². The van der Waals surface area contributed by atoms with E-state index in [9.17, 15) is 14.7 Å². The summed E-state index contributed by atoms with van der Waals surface area (Å²) in [4.78, 5) is 29.3. The van der Waals surface area contributed by atoms with Crippen LogP contribution in [-0.2, 0) is 16.0 Å². The first-order valence-corrected chi connectivity index (χ1v) is 10.1. The Bertz CT molecular complexity index is 993. The summed E-state index contributed by atoms with van der Waals surface area (Å²) in [6.45, 7) is 3.15. The second-order valence-corrected chi connectivity index (χ2v) is 8.12. The summed E-state index contributed by atoms with van der Waals surface area (Å²) in [7, 11) is 3.91. The van der Waals surface area contributed by atoms with Gasteiger partial charge in [0.2, 0.25) is 0 Å². The van der Waals surface area contributed by atoms with E-state index in [0.717, 1.165) is 24.3 Å². The van der Waals surface area contributed by atoms with Crippen LogP contribution in [0.25, 0.3) is 5.76 Å². The molecule has 1 aromatic heterocycles. The number of nitrogens with zero attached hydrogens (tertiary/aromatic N) is 2. The van der Waals surface area contributed by atoms with Crippen LogP contribution in [0.4, 0.5) is 0 Å². The first-order valence-electron chi connectivity index (χ1n) is 10.1. The zero-order valence-electron chi connectivity index (χ0n) is 17.4. The zero-order chi connectivity index (χ0) is 21.4. The molecule has 4 rings (SSSR count). The highest BCUT2D eigenvalue weighted by Gasteiger charge is 2.47. The summed E-state index contributed by atoms with van der Waals surface area (Å²) in [5.74, 6) is -0.254. The molecule has 0 saturated carbocycles. The number of rotatable bonds is 6. The monoisotopic (exact) mass is 410 g/mol. The number of hydrogen-bond donors (Lipinski definition) is 1. The van der Waals surface area contributed by atoms with Crippen molar-refractivity contribution in [3.63, 3.8) is 0 Å². The van der Waals surface area contributed by atoms with Crippen LogP contribution >= 0.6 is 0 Å². The normalized spacial score (nSPS) is 22.6. The van der Waals surface area contributed by atoms with Gasteiger partial charge in [-0.3, -0.25) is 9.59 Å². The predicted octanol–water partition coefficient (Wildman–Crippen LogP) is 2.98. The van der Waals surface area contributed by atoms with Crippen LogP contribution in [0.2, 0.25) is 0 Å². The summed E-state index contributed by atoms with van der Waals surface area (Å²) in [6, 6.07) is 8.02. The first kappa shape index (κ1) is 20.2. The van der Waals surface area contributed by atoms with Gasteiger partial charge in [-0.1, -0.05) is 0 Å². The lowest BCUT2D eigenvalue weighted by Crippen LogP contribution is -2.32. The van der Waals surface area contributed by atoms with Gasteiger partial charge in [0.05, 0.1) is 11.8 Å². The van der Waals surface area contributed by atoms with Crippen molar-refractivity contribution in [2.45, 2.75) is 31.9 Å². The molecule has 7 heteroatoms. The van der Waals surface area contributed by atoms with E-state index in [2.05, 4.69) is 0 Å². The van der Waals surface area contributed by atoms with Crippen molar-refractivity contribution in [2.75, 3.05) is 27.2 Å². The number of carbonyl (C=O) groups excluding carboxylic acids is 2. The van der Waals surface area contributed by atoms with Gasteiger partial charge in [-0.2, -0.15) is 0 Å². The summed E-state index contributed by atoms with van der Waals surface area (Å²) in [5.41, 5.74) is 1.53. The molecule has 7 nitrogen and oxygen atoms in total. The number of fused-ring (bicyclic) bond motifs is 1. The van der Waals surface area contributed by atoms with Gasteiger partial charge in [-0.05, 0) is 69.9 Å². The molecule has 30 heavy (non-hydrogen) atoms. The molecular weight excluding hydrogens is 384 g/mol. The zero-order valence-corrected chi connectivity index (χ0v) is 17.4. The standard InChI is InChI=1S/C23H26N2O5/c1-14-12-16-13-15(7-8-17(16)30-14)21(26)19-20(18-6-4-11-29-18)25(23(28)22(19)27)10-5-9-24(2)3/h4,6-8,11,13-14,20,26H,5,9-10,12H2,1-3H3/b21-19+. The highest BCUT2D eigenvalue weighted by atomic mass is 16.5. The maximum absolute atomic E-state index is 12.9. The number of amides is 1. The van der Waals surface area contributed by atoms with Crippen LogP contribution in [0, 0.1) is 0 Å². The Morgan fingerprint density at radius 3 is 2.77 bits per heavy atom. The van der Waals surface area contributed by atoms with Crippen molar-refractivity contribution in [2.24, 2.45) is 0 Å². The Hall–Kier alpha value is -3.06. The van der Waals surface area contributed by atoms with E-state index < -0.39 is 17.7 Å². The molecule has 2 atom stereocenters. The minimum absolute atomic E-state index is 0.0618. The van der Waals surface area contributed by atoms with E-state index >= 15 is 0 Å². The summed E-state index contributed by atoms with van der Waals surface area (Å²) in [6.07, 6.45) is 3.01. The number of aliphatic hydroxyl groups excluding tert-OH is 1. The van der Waals surface area contributed by atoms with Crippen molar-refractivity contribution in [3.05, 3.63) is 59.1 Å². The summed E-state index contributed by atoms with van der Waals surface area (Å²) < 4.78 is 11.3. The third kappa shape index (κ3) is 3.61. The lowest BCUT2D eigenvalue weighted by atomic mass is 9.97. The average Bonchev–Trinajstić information content (AvgIpc) is 3.40. The van der Waals surface area contributed by atoms with Crippen molar-refractivity contribution in [3.8, 4) is 5.75 Å². The topological polar surface area (TPSA) is 83.2 Å². The molecule has 2 aromatic rings. The number of Topliss-reactive ketones (excluding diaryl/α,β-unsaturated/α-hetero) is 1. The third-order valence-corrected chi connectivity index (χ3v) is 5.53. The Morgan fingerprint density at radius 1 is 1.27 bits per heavy atom. The van der Waals surface area contributed by atoms with Crippen LogP contribution in [0.1, 0.15) is 36.3 Å².